The molecule has 0 aliphatic heterocycles. The second kappa shape index (κ2) is 7.10. The molecule has 1 rings (SSSR count). The third kappa shape index (κ3) is 4.09. The molecule has 0 aromatic carbocycles. The van der Waals surface area contributed by atoms with Gasteiger partial charge in [0.2, 0.25) is 0 Å². The molecule has 6 heteroatoms. The Bertz CT molecular complexity index is 309. The van der Waals surface area contributed by atoms with Gasteiger partial charge in [0.25, 0.3) is 0 Å². The SMILES string of the molecule is COCC(CNc1cncc(CN)n1)OC. The Labute approximate surface area is 95.2 Å². The fourth-order valence-corrected chi connectivity index (χ4v) is 1.20. The zero-order valence-electron chi connectivity index (χ0n) is 9.64. The summed E-state index contributed by atoms with van der Waals surface area (Å²) in [5.74, 6) is 0.695. The van der Waals surface area contributed by atoms with E-state index < -0.39 is 0 Å². The summed E-state index contributed by atoms with van der Waals surface area (Å²) in [5.41, 5.74) is 6.23. The molecule has 1 unspecified atom stereocenters. The molecule has 6 nitrogen and oxygen atoms in total. The highest BCUT2D eigenvalue weighted by molar-refractivity contribution is 5.31. The normalized spacial score (nSPS) is 12.4. The van der Waals surface area contributed by atoms with Gasteiger partial charge in [-0.3, -0.25) is 4.98 Å². The lowest BCUT2D eigenvalue weighted by Crippen LogP contribution is -2.27. The summed E-state index contributed by atoms with van der Waals surface area (Å²) in [5, 5.41) is 3.12. The van der Waals surface area contributed by atoms with Crippen LogP contribution in [-0.4, -0.2) is 43.4 Å². The molecule has 0 amide bonds. The predicted molar refractivity (Wildman–Crippen MR) is 61.1 cm³/mol. The number of ether oxygens (including phenoxy) is 2. The standard InChI is InChI=1S/C10H18N4O2/c1-15-7-9(16-2)5-13-10-6-12-4-8(3-11)14-10/h4,6,9H,3,5,7,11H2,1-2H3,(H,13,14). The van der Waals surface area contributed by atoms with Crippen LogP contribution in [0.2, 0.25) is 0 Å². The molecule has 1 heterocycles. The van der Waals surface area contributed by atoms with Crippen LogP contribution in [0.4, 0.5) is 5.82 Å². The molecule has 90 valence electrons. The molecule has 3 N–H and O–H groups in total. The minimum absolute atomic E-state index is 0.00617. The highest BCUT2D eigenvalue weighted by Crippen LogP contribution is 2.02. The zero-order chi connectivity index (χ0) is 11.8. The molecule has 0 bridgehead atoms. The minimum Gasteiger partial charge on any atom is -0.382 e. The molecule has 1 atom stereocenters. The van der Waals surface area contributed by atoms with Crippen molar-refractivity contribution in [3.63, 3.8) is 0 Å². The van der Waals surface area contributed by atoms with Gasteiger partial charge in [0, 0.05) is 33.5 Å². The number of methoxy groups -OCH3 is 2. The van der Waals surface area contributed by atoms with Crippen molar-refractivity contribution in [2.75, 3.05) is 32.7 Å². The molecule has 0 spiro atoms. The molecule has 0 saturated heterocycles. The van der Waals surface area contributed by atoms with Crippen LogP contribution in [0.15, 0.2) is 12.4 Å². The average molecular weight is 226 g/mol. The van der Waals surface area contributed by atoms with Crippen molar-refractivity contribution in [3.05, 3.63) is 18.1 Å². The number of nitrogens with two attached hydrogens (primary N) is 1. The molecule has 0 aliphatic carbocycles. The molecular weight excluding hydrogens is 208 g/mol. The van der Waals surface area contributed by atoms with Crippen LogP contribution in [0.3, 0.4) is 0 Å². The third-order valence-electron chi connectivity index (χ3n) is 2.09. The van der Waals surface area contributed by atoms with Crippen LogP contribution in [0.5, 0.6) is 0 Å². The van der Waals surface area contributed by atoms with E-state index in [9.17, 15) is 0 Å². The van der Waals surface area contributed by atoms with Crippen LogP contribution in [0, 0.1) is 0 Å². The second-order valence-electron chi connectivity index (χ2n) is 3.29. The quantitative estimate of drug-likeness (QED) is 0.681. The van der Waals surface area contributed by atoms with Crippen LogP contribution in [0.25, 0.3) is 0 Å². The Kier molecular flexibility index (Phi) is 5.69. The lowest BCUT2D eigenvalue weighted by Gasteiger charge is -2.15. The summed E-state index contributed by atoms with van der Waals surface area (Å²) in [7, 11) is 3.29. The smallest absolute Gasteiger partial charge is 0.144 e. The van der Waals surface area contributed by atoms with E-state index in [0.29, 0.717) is 25.5 Å². The molecule has 0 fully saturated rings. The summed E-state index contributed by atoms with van der Waals surface area (Å²) in [6.45, 7) is 1.54. The second-order valence-corrected chi connectivity index (χ2v) is 3.29. The van der Waals surface area contributed by atoms with Crippen molar-refractivity contribution in [3.8, 4) is 0 Å². The van der Waals surface area contributed by atoms with E-state index in [1.165, 1.54) is 0 Å². The van der Waals surface area contributed by atoms with E-state index in [4.69, 9.17) is 15.2 Å². The first-order valence-electron chi connectivity index (χ1n) is 5.06. The van der Waals surface area contributed by atoms with Crippen LogP contribution >= 0.6 is 0 Å². The summed E-state index contributed by atoms with van der Waals surface area (Å²) in [6, 6.07) is 0. The van der Waals surface area contributed by atoms with Gasteiger partial charge in [-0.15, -0.1) is 0 Å². The highest BCUT2D eigenvalue weighted by Gasteiger charge is 2.06. The van der Waals surface area contributed by atoms with Crippen LogP contribution in [-0.2, 0) is 16.0 Å². The summed E-state index contributed by atoms with van der Waals surface area (Å²) < 4.78 is 10.2. The molecule has 0 radical (unpaired) electrons. The van der Waals surface area contributed by atoms with Gasteiger partial charge in [-0.1, -0.05) is 0 Å². The molecule has 1 aromatic heterocycles. The van der Waals surface area contributed by atoms with E-state index in [2.05, 4.69) is 15.3 Å². The van der Waals surface area contributed by atoms with Gasteiger partial charge in [-0.25, -0.2) is 4.98 Å². The Hall–Kier alpha value is -1.24. The topological polar surface area (TPSA) is 82.3 Å². The monoisotopic (exact) mass is 226 g/mol. The lowest BCUT2D eigenvalue weighted by atomic mass is 10.3. The van der Waals surface area contributed by atoms with E-state index in [1.807, 2.05) is 0 Å². The van der Waals surface area contributed by atoms with E-state index in [-0.39, 0.29) is 6.10 Å². The van der Waals surface area contributed by atoms with Crippen molar-refractivity contribution in [2.24, 2.45) is 5.73 Å². The maximum Gasteiger partial charge on any atom is 0.144 e. The summed E-state index contributed by atoms with van der Waals surface area (Å²) in [6.07, 6.45) is 3.29. The van der Waals surface area contributed by atoms with Gasteiger partial charge in [0.1, 0.15) is 5.82 Å². The van der Waals surface area contributed by atoms with E-state index in [0.717, 1.165) is 5.69 Å². The first-order chi connectivity index (χ1) is 7.80. The lowest BCUT2D eigenvalue weighted by molar-refractivity contribution is 0.0365. The fourth-order valence-electron chi connectivity index (χ4n) is 1.20. The predicted octanol–water partition coefficient (Wildman–Crippen LogP) is 0.00860. The molecular formula is C10H18N4O2. The van der Waals surface area contributed by atoms with Crippen LogP contribution in [0.1, 0.15) is 5.69 Å². The Balaban J connectivity index is 2.46. The number of rotatable bonds is 7. The van der Waals surface area contributed by atoms with Gasteiger partial charge in [-0.05, 0) is 0 Å². The van der Waals surface area contributed by atoms with Gasteiger partial charge in [0.15, 0.2) is 0 Å². The molecule has 16 heavy (non-hydrogen) atoms. The number of aromatic nitrogens is 2. The van der Waals surface area contributed by atoms with Crippen molar-refractivity contribution >= 4 is 5.82 Å². The van der Waals surface area contributed by atoms with Gasteiger partial charge in [-0.2, -0.15) is 0 Å². The van der Waals surface area contributed by atoms with Crippen molar-refractivity contribution in [1.82, 2.24) is 9.97 Å². The number of nitrogens with one attached hydrogen (secondary N) is 1. The maximum atomic E-state index is 5.47. The van der Waals surface area contributed by atoms with E-state index in [1.54, 1.807) is 26.6 Å². The first kappa shape index (κ1) is 12.8. The third-order valence-corrected chi connectivity index (χ3v) is 2.09. The number of hydrogen-bond acceptors (Lipinski definition) is 6. The summed E-state index contributed by atoms with van der Waals surface area (Å²) in [4.78, 5) is 8.29. The van der Waals surface area contributed by atoms with Gasteiger partial charge >= 0.3 is 0 Å². The maximum absolute atomic E-state index is 5.47. The van der Waals surface area contributed by atoms with E-state index >= 15 is 0 Å². The molecule has 1 aromatic rings. The Morgan fingerprint density at radius 1 is 1.44 bits per heavy atom. The number of nitrogens with zero attached hydrogens (tertiary/aromatic N) is 2. The Morgan fingerprint density at radius 3 is 2.88 bits per heavy atom. The summed E-state index contributed by atoms with van der Waals surface area (Å²) >= 11 is 0. The average Bonchev–Trinajstić information content (AvgIpc) is 2.34. The van der Waals surface area contributed by atoms with Crippen LogP contribution < -0.4 is 11.1 Å². The van der Waals surface area contributed by atoms with Crippen molar-refractivity contribution in [1.29, 1.82) is 0 Å². The number of hydrogen-bond donors (Lipinski definition) is 2. The fraction of sp³-hybridized carbons (Fsp3) is 0.600. The molecule has 0 saturated carbocycles. The Morgan fingerprint density at radius 2 is 2.25 bits per heavy atom. The minimum atomic E-state index is -0.00617. The van der Waals surface area contributed by atoms with Gasteiger partial charge < -0.3 is 20.5 Å². The van der Waals surface area contributed by atoms with Gasteiger partial charge in [0.05, 0.1) is 24.6 Å². The highest BCUT2D eigenvalue weighted by atomic mass is 16.5. The number of anilines is 1. The van der Waals surface area contributed by atoms with Crippen molar-refractivity contribution in [2.45, 2.75) is 12.6 Å². The largest absolute Gasteiger partial charge is 0.382 e. The zero-order valence-corrected chi connectivity index (χ0v) is 9.64. The first-order valence-corrected chi connectivity index (χ1v) is 5.06. The molecule has 0 aliphatic rings. The van der Waals surface area contributed by atoms with Crippen molar-refractivity contribution < 1.29 is 9.47 Å².